The molecular weight excluding hydrogens is 528 g/mol. The Balaban J connectivity index is 1.60. The molecule has 4 rings (SSSR count). The second-order valence-electron chi connectivity index (χ2n) is 10.3. The van der Waals surface area contributed by atoms with Crippen molar-refractivity contribution < 1.29 is 24.2 Å². The molecule has 0 aliphatic heterocycles. The van der Waals surface area contributed by atoms with Crippen LogP contribution in [0.4, 0.5) is 5.69 Å². The van der Waals surface area contributed by atoms with E-state index in [4.69, 9.17) is 9.47 Å². The summed E-state index contributed by atoms with van der Waals surface area (Å²) in [7, 11) is 3.94. The van der Waals surface area contributed by atoms with Crippen LogP contribution in [0.15, 0.2) is 96.6 Å². The molecule has 0 aliphatic carbocycles. The normalized spacial score (nSPS) is 12.1. The third kappa shape index (κ3) is 8.21. The fourth-order valence-corrected chi connectivity index (χ4v) is 4.53. The monoisotopic (exact) mass is 566 g/mol. The maximum absolute atomic E-state index is 13.2. The van der Waals surface area contributed by atoms with Crippen molar-refractivity contribution in [1.29, 1.82) is 0 Å². The standard InChI is InChI=1S/C35H38N2O5/c1-4-5-21-41-35(40)33(28-17-19-30(20-18-28)37(2)3)36-23-26(22-25-13-15-29(16-14-25)34(38)39)24-42-32-12-8-10-27-9-6-7-11-31(27)32/h6-20,22,33,36H,4-5,21,23-24H2,1-3H3,(H,38,39)/b26-22-. The molecule has 7 heteroatoms. The lowest BCUT2D eigenvalue weighted by atomic mass is 10.0. The molecule has 0 spiro atoms. The molecule has 218 valence electrons. The van der Waals surface area contributed by atoms with Gasteiger partial charge in [0.15, 0.2) is 0 Å². The number of carboxylic acids is 1. The Bertz CT molecular complexity index is 1510. The van der Waals surface area contributed by atoms with Gasteiger partial charge in [-0.15, -0.1) is 0 Å². The fraction of sp³-hybridized carbons (Fsp3) is 0.257. The summed E-state index contributed by atoms with van der Waals surface area (Å²) in [5.74, 6) is -0.548. The molecule has 0 heterocycles. The maximum Gasteiger partial charge on any atom is 0.335 e. The highest BCUT2D eigenvalue weighted by Crippen LogP contribution is 2.26. The summed E-state index contributed by atoms with van der Waals surface area (Å²) in [6.07, 6.45) is 3.69. The van der Waals surface area contributed by atoms with E-state index in [1.165, 1.54) is 0 Å². The molecule has 4 aromatic rings. The van der Waals surface area contributed by atoms with E-state index in [1.54, 1.807) is 24.3 Å². The summed E-state index contributed by atoms with van der Waals surface area (Å²) in [4.78, 5) is 26.6. The van der Waals surface area contributed by atoms with Gasteiger partial charge in [-0.25, -0.2) is 9.59 Å². The van der Waals surface area contributed by atoms with E-state index in [9.17, 15) is 14.7 Å². The highest BCUT2D eigenvalue weighted by molar-refractivity contribution is 5.88. The van der Waals surface area contributed by atoms with Gasteiger partial charge in [0.05, 0.1) is 12.2 Å². The highest BCUT2D eigenvalue weighted by atomic mass is 16.5. The molecule has 4 aromatic carbocycles. The van der Waals surface area contributed by atoms with Crippen LogP contribution in [0.2, 0.25) is 0 Å². The van der Waals surface area contributed by atoms with Crippen LogP contribution < -0.4 is 15.0 Å². The largest absolute Gasteiger partial charge is 0.489 e. The third-order valence-electron chi connectivity index (χ3n) is 6.95. The predicted molar refractivity (Wildman–Crippen MR) is 168 cm³/mol. The molecule has 42 heavy (non-hydrogen) atoms. The van der Waals surface area contributed by atoms with Crippen LogP contribution in [-0.2, 0) is 9.53 Å². The van der Waals surface area contributed by atoms with E-state index in [0.717, 1.165) is 51.8 Å². The van der Waals surface area contributed by atoms with Crippen molar-refractivity contribution in [3.05, 3.63) is 113 Å². The number of rotatable bonds is 14. The average molecular weight is 567 g/mol. The zero-order valence-corrected chi connectivity index (χ0v) is 24.4. The van der Waals surface area contributed by atoms with E-state index in [0.29, 0.717) is 13.2 Å². The molecule has 0 radical (unpaired) electrons. The first-order valence-electron chi connectivity index (χ1n) is 14.2. The number of unbranched alkanes of at least 4 members (excludes halogenated alkanes) is 1. The number of carboxylic acid groups (broad SMARTS) is 1. The van der Waals surface area contributed by atoms with Crippen molar-refractivity contribution in [3.8, 4) is 5.75 Å². The third-order valence-corrected chi connectivity index (χ3v) is 6.95. The van der Waals surface area contributed by atoms with Crippen LogP contribution in [0, 0.1) is 0 Å². The number of esters is 1. The average Bonchev–Trinajstić information content (AvgIpc) is 3.00. The lowest BCUT2D eigenvalue weighted by Crippen LogP contribution is -2.32. The number of hydrogen-bond acceptors (Lipinski definition) is 6. The number of benzene rings is 4. The van der Waals surface area contributed by atoms with Gasteiger partial charge < -0.3 is 19.5 Å². The van der Waals surface area contributed by atoms with Gasteiger partial charge in [0.1, 0.15) is 18.4 Å². The van der Waals surface area contributed by atoms with Gasteiger partial charge in [-0.05, 0) is 58.8 Å². The molecule has 0 saturated carbocycles. The Morgan fingerprint density at radius 3 is 2.33 bits per heavy atom. The zero-order chi connectivity index (χ0) is 29.9. The molecule has 0 bridgehead atoms. The molecule has 1 unspecified atom stereocenters. The minimum absolute atomic E-state index is 0.217. The van der Waals surface area contributed by atoms with Crippen molar-refractivity contribution in [1.82, 2.24) is 5.32 Å². The Labute approximate surface area is 247 Å². The van der Waals surface area contributed by atoms with Gasteiger partial charge in [0.2, 0.25) is 0 Å². The number of fused-ring (bicyclic) bond motifs is 1. The quantitative estimate of drug-likeness (QED) is 0.129. The lowest BCUT2D eigenvalue weighted by molar-refractivity contribution is -0.146. The Hall–Kier alpha value is -4.62. The number of anilines is 1. The summed E-state index contributed by atoms with van der Waals surface area (Å²) < 4.78 is 11.9. The topological polar surface area (TPSA) is 88.1 Å². The van der Waals surface area contributed by atoms with Gasteiger partial charge in [-0.3, -0.25) is 5.32 Å². The molecule has 0 aliphatic rings. The van der Waals surface area contributed by atoms with Crippen molar-refractivity contribution >= 4 is 34.5 Å². The Morgan fingerprint density at radius 1 is 0.929 bits per heavy atom. The number of aromatic carboxylic acids is 1. The number of ether oxygens (including phenoxy) is 2. The molecule has 0 amide bonds. The number of nitrogens with zero attached hydrogens (tertiary/aromatic N) is 1. The van der Waals surface area contributed by atoms with Crippen LogP contribution in [0.1, 0.15) is 47.3 Å². The predicted octanol–water partition coefficient (Wildman–Crippen LogP) is 6.74. The molecule has 0 aromatic heterocycles. The second kappa shape index (κ2) is 14.8. The van der Waals surface area contributed by atoms with Crippen LogP contribution in [0.5, 0.6) is 5.75 Å². The van der Waals surface area contributed by atoms with Crippen LogP contribution in [0.3, 0.4) is 0 Å². The van der Waals surface area contributed by atoms with Gasteiger partial charge in [-0.2, -0.15) is 0 Å². The van der Waals surface area contributed by atoms with Crippen molar-refractivity contribution in [3.63, 3.8) is 0 Å². The molecule has 0 fully saturated rings. The molecule has 1 atom stereocenters. The number of carbonyl (C=O) groups excluding carboxylic acids is 1. The van der Waals surface area contributed by atoms with E-state index in [1.807, 2.05) is 91.8 Å². The summed E-state index contributed by atoms with van der Waals surface area (Å²) in [6.45, 7) is 3.03. The maximum atomic E-state index is 13.2. The first-order chi connectivity index (χ1) is 20.4. The number of nitrogens with one attached hydrogen (secondary N) is 1. The molecule has 0 saturated heterocycles. The van der Waals surface area contributed by atoms with E-state index < -0.39 is 12.0 Å². The van der Waals surface area contributed by atoms with Gasteiger partial charge >= 0.3 is 11.9 Å². The lowest BCUT2D eigenvalue weighted by Gasteiger charge is -2.21. The van der Waals surface area contributed by atoms with Crippen molar-refractivity contribution in [2.24, 2.45) is 0 Å². The summed E-state index contributed by atoms with van der Waals surface area (Å²) in [5, 5.41) is 14.8. The fourth-order valence-electron chi connectivity index (χ4n) is 4.53. The van der Waals surface area contributed by atoms with E-state index in [2.05, 4.69) is 12.2 Å². The first-order valence-corrected chi connectivity index (χ1v) is 14.2. The van der Waals surface area contributed by atoms with Crippen LogP contribution in [0.25, 0.3) is 16.8 Å². The minimum atomic E-state index is -0.976. The number of carbonyl (C=O) groups is 2. The van der Waals surface area contributed by atoms with E-state index >= 15 is 0 Å². The molecule has 2 N–H and O–H groups in total. The second-order valence-corrected chi connectivity index (χ2v) is 10.3. The minimum Gasteiger partial charge on any atom is -0.489 e. The molecular formula is C35H38N2O5. The zero-order valence-electron chi connectivity index (χ0n) is 24.4. The van der Waals surface area contributed by atoms with Gasteiger partial charge in [-0.1, -0.05) is 80.1 Å². The number of hydrogen-bond donors (Lipinski definition) is 2. The SMILES string of the molecule is CCCCOC(=O)C(NC/C(=C/c1ccc(C(=O)O)cc1)COc1cccc2ccccc12)c1ccc(N(C)C)cc1. The van der Waals surface area contributed by atoms with Crippen molar-refractivity contribution in [2.45, 2.75) is 25.8 Å². The highest BCUT2D eigenvalue weighted by Gasteiger charge is 2.22. The van der Waals surface area contributed by atoms with Gasteiger partial charge in [0.25, 0.3) is 0 Å². The van der Waals surface area contributed by atoms with Crippen molar-refractivity contribution in [2.75, 3.05) is 38.8 Å². The Kier molecular flexibility index (Phi) is 10.7. The summed E-state index contributed by atoms with van der Waals surface area (Å²) >= 11 is 0. The molecule has 7 nitrogen and oxygen atoms in total. The summed E-state index contributed by atoms with van der Waals surface area (Å²) in [6, 6.07) is 27.8. The van der Waals surface area contributed by atoms with Crippen LogP contribution >= 0.6 is 0 Å². The Morgan fingerprint density at radius 2 is 1.64 bits per heavy atom. The van der Waals surface area contributed by atoms with Crippen LogP contribution in [-0.4, -0.2) is 50.9 Å². The van der Waals surface area contributed by atoms with Gasteiger partial charge in [0, 0.05) is 31.7 Å². The van der Waals surface area contributed by atoms with E-state index in [-0.39, 0.29) is 18.1 Å². The smallest absolute Gasteiger partial charge is 0.335 e. The first kappa shape index (κ1) is 30.3. The summed E-state index contributed by atoms with van der Waals surface area (Å²) in [5.41, 5.74) is 3.76.